The third kappa shape index (κ3) is 4.68. The van der Waals surface area contributed by atoms with Gasteiger partial charge in [0.15, 0.2) is 0 Å². The van der Waals surface area contributed by atoms with Gasteiger partial charge in [-0.2, -0.15) is 0 Å². The molecule has 0 spiro atoms. The Balaban J connectivity index is 1.46. The Morgan fingerprint density at radius 1 is 1.14 bits per heavy atom. The largest absolute Gasteiger partial charge is 0.481 e. The molecule has 1 aliphatic rings. The van der Waals surface area contributed by atoms with Gasteiger partial charge in [0.05, 0.1) is 16.8 Å². The molecule has 1 fully saturated rings. The molecule has 0 atom stereocenters. The Morgan fingerprint density at radius 3 is 2.57 bits per heavy atom. The number of aliphatic carboxylic acids is 1. The molecule has 150 valence electrons. The lowest BCUT2D eigenvalue weighted by atomic mass is 9.82. The molecule has 1 saturated carbocycles. The van der Waals surface area contributed by atoms with Crippen molar-refractivity contribution in [3.63, 3.8) is 0 Å². The molecule has 1 aromatic carbocycles. The first kappa shape index (κ1) is 19.9. The molecule has 1 amide bonds. The summed E-state index contributed by atoms with van der Waals surface area (Å²) in [4.78, 5) is 50.2. The van der Waals surface area contributed by atoms with Crippen LogP contribution in [0.15, 0.2) is 33.9 Å². The fourth-order valence-electron chi connectivity index (χ4n) is 3.76. The quantitative estimate of drug-likeness (QED) is 0.664. The molecule has 8 heteroatoms. The summed E-state index contributed by atoms with van der Waals surface area (Å²) in [7, 11) is 0. The number of para-hydroxylation sites is 1. The predicted octanol–water partition coefficient (Wildman–Crippen LogP) is 1.48. The molecule has 28 heavy (non-hydrogen) atoms. The number of aromatic amines is 1. The van der Waals surface area contributed by atoms with Gasteiger partial charge in [0.1, 0.15) is 0 Å². The highest BCUT2D eigenvalue weighted by atomic mass is 16.4. The Hall–Kier alpha value is -2.90. The van der Waals surface area contributed by atoms with E-state index in [1.165, 1.54) is 0 Å². The van der Waals surface area contributed by atoms with Gasteiger partial charge in [0.25, 0.3) is 5.56 Å². The summed E-state index contributed by atoms with van der Waals surface area (Å²) in [5.41, 5.74) is -0.321. The molecule has 0 unspecified atom stereocenters. The molecule has 2 aromatic rings. The van der Waals surface area contributed by atoms with Crippen LogP contribution in [0.5, 0.6) is 0 Å². The number of benzene rings is 1. The maximum Gasteiger partial charge on any atom is 0.328 e. The number of carboxylic acids is 1. The van der Waals surface area contributed by atoms with Gasteiger partial charge >= 0.3 is 11.7 Å². The number of fused-ring (bicyclic) bond motifs is 1. The number of H-pyrrole nitrogens is 1. The summed E-state index contributed by atoms with van der Waals surface area (Å²) in [6.45, 7) is 0.720. The van der Waals surface area contributed by atoms with Crippen LogP contribution in [0.2, 0.25) is 0 Å². The highest BCUT2D eigenvalue weighted by Crippen LogP contribution is 2.28. The van der Waals surface area contributed by atoms with Gasteiger partial charge in [-0.15, -0.1) is 0 Å². The van der Waals surface area contributed by atoms with Crippen molar-refractivity contribution >= 4 is 22.8 Å². The number of carbonyl (C=O) groups excluding carboxylic acids is 1. The van der Waals surface area contributed by atoms with Crippen molar-refractivity contribution in [1.29, 1.82) is 0 Å². The standard InChI is InChI=1S/C20H25N3O5/c24-17(21-12-13-7-9-14(10-8-13)19(26)27)6-3-11-23-18(25)15-4-1-2-5-16(15)22-20(23)28/h1-2,4-5,13-14H,3,6-12H2,(H,21,24)(H,22,28)(H,26,27). The maximum atomic E-state index is 12.4. The third-order valence-corrected chi connectivity index (χ3v) is 5.46. The molecule has 0 bridgehead atoms. The monoisotopic (exact) mass is 387 g/mol. The number of rotatable bonds is 7. The fourth-order valence-corrected chi connectivity index (χ4v) is 3.76. The van der Waals surface area contributed by atoms with E-state index in [0.29, 0.717) is 42.6 Å². The van der Waals surface area contributed by atoms with E-state index in [-0.39, 0.29) is 30.3 Å². The van der Waals surface area contributed by atoms with Crippen LogP contribution in [0.25, 0.3) is 10.9 Å². The second-order valence-electron chi connectivity index (χ2n) is 7.40. The molecular formula is C20H25N3O5. The van der Waals surface area contributed by atoms with Crippen LogP contribution in [0, 0.1) is 11.8 Å². The summed E-state index contributed by atoms with van der Waals surface area (Å²) in [5.74, 6) is -0.803. The van der Waals surface area contributed by atoms with Gasteiger partial charge < -0.3 is 15.4 Å². The van der Waals surface area contributed by atoms with Gasteiger partial charge in [-0.1, -0.05) is 12.1 Å². The maximum absolute atomic E-state index is 12.4. The Morgan fingerprint density at radius 2 is 1.86 bits per heavy atom. The second kappa shape index (κ2) is 8.86. The summed E-state index contributed by atoms with van der Waals surface area (Å²) in [6.07, 6.45) is 3.54. The van der Waals surface area contributed by atoms with Crippen LogP contribution in [0.4, 0.5) is 0 Å². The fraction of sp³-hybridized carbons (Fsp3) is 0.500. The molecular weight excluding hydrogens is 362 g/mol. The molecule has 3 N–H and O–H groups in total. The summed E-state index contributed by atoms with van der Waals surface area (Å²) in [5, 5.41) is 12.3. The van der Waals surface area contributed by atoms with Crippen molar-refractivity contribution < 1.29 is 14.7 Å². The lowest BCUT2D eigenvalue weighted by Gasteiger charge is -2.26. The molecule has 1 heterocycles. The zero-order valence-corrected chi connectivity index (χ0v) is 15.6. The summed E-state index contributed by atoms with van der Waals surface area (Å²) < 4.78 is 1.13. The van der Waals surface area contributed by atoms with E-state index in [1.807, 2.05) is 0 Å². The SMILES string of the molecule is O=C(CCCn1c(=O)[nH]c2ccccc2c1=O)NCC1CCC(C(=O)O)CC1. The molecule has 0 saturated heterocycles. The Labute approximate surface area is 161 Å². The number of hydrogen-bond donors (Lipinski definition) is 3. The van der Waals surface area contributed by atoms with Crippen molar-refractivity contribution in [3.8, 4) is 0 Å². The van der Waals surface area contributed by atoms with Gasteiger partial charge in [0.2, 0.25) is 5.91 Å². The van der Waals surface area contributed by atoms with Crippen LogP contribution < -0.4 is 16.6 Å². The first-order valence-corrected chi connectivity index (χ1v) is 9.67. The van der Waals surface area contributed by atoms with Crippen molar-refractivity contribution in [1.82, 2.24) is 14.9 Å². The van der Waals surface area contributed by atoms with Crippen LogP contribution in [0.1, 0.15) is 38.5 Å². The van der Waals surface area contributed by atoms with Crippen LogP contribution in [0.3, 0.4) is 0 Å². The molecule has 0 aliphatic heterocycles. The van der Waals surface area contributed by atoms with E-state index >= 15 is 0 Å². The number of hydrogen-bond acceptors (Lipinski definition) is 4. The normalized spacial score (nSPS) is 19.4. The van der Waals surface area contributed by atoms with Gasteiger partial charge in [-0.3, -0.25) is 19.0 Å². The molecule has 1 aliphatic carbocycles. The molecule has 3 rings (SSSR count). The second-order valence-corrected chi connectivity index (χ2v) is 7.40. The molecule has 8 nitrogen and oxygen atoms in total. The topological polar surface area (TPSA) is 121 Å². The van der Waals surface area contributed by atoms with Crippen molar-refractivity contribution in [2.75, 3.05) is 6.54 Å². The lowest BCUT2D eigenvalue weighted by Crippen LogP contribution is -2.36. The van der Waals surface area contributed by atoms with Crippen LogP contribution in [-0.4, -0.2) is 33.1 Å². The van der Waals surface area contributed by atoms with E-state index in [9.17, 15) is 19.2 Å². The minimum absolute atomic E-state index is 0.120. The number of amides is 1. The van der Waals surface area contributed by atoms with E-state index in [4.69, 9.17) is 5.11 Å². The van der Waals surface area contributed by atoms with E-state index < -0.39 is 11.7 Å². The van der Waals surface area contributed by atoms with Crippen molar-refractivity contribution in [3.05, 3.63) is 45.1 Å². The van der Waals surface area contributed by atoms with Gasteiger partial charge in [0, 0.05) is 19.5 Å². The average Bonchev–Trinajstić information content (AvgIpc) is 2.69. The third-order valence-electron chi connectivity index (χ3n) is 5.46. The number of carboxylic acid groups (broad SMARTS) is 1. The molecule has 1 aromatic heterocycles. The number of aromatic nitrogens is 2. The first-order chi connectivity index (χ1) is 13.5. The highest BCUT2D eigenvalue weighted by molar-refractivity contribution is 5.77. The van der Waals surface area contributed by atoms with Crippen molar-refractivity contribution in [2.45, 2.75) is 45.1 Å². The van der Waals surface area contributed by atoms with E-state index in [2.05, 4.69) is 10.3 Å². The van der Waals surface area contributed by atoms with Gasteiger partial charge in [-0.05, 0) is 50.2 Å². The highest BCUT2D eigenvalue weighted by Gasteiger charge is 2.25. The molecule has 0 radical (unpaired) electrons. The van der Waals surface area contributed by atoms with Gasteiger partial charge in [-0.25, -0.2) is 4.79 Å². The number of nitrogens with zero attached hydrogens (tertiary/aromatic N) is 1. The minimum Gasteiger partial charge on any atom is -0.481 e. The summed E-state index contributed by atoms with van der Waals surface area (Å²) in [6, 6.07) is 6.83. The Bertz CT molecular complexity index is 970. The number of nitrogens with one attached hydrogen (secondary N) is 2. The van der Waals surface area contributed by atoms with Crippen LogP contribution >= 0.6 is 0 Å². The lowest BCUT2D eigenvalue weighted by molar-refractivity contribution is -0.143. The van der Waals surface area contributed by atoms with E-state index in [0.717, 1.165) is 17.4 Å². The zero-order chi connectivity index (χ0) is 20.1. The smallest absolute Gasteiger partial charge is 0.328 e. The predicted molar refractivity (Wildman–Crippen MR) is 104 cm³/mol. The first-order valence-electron chi connectivity index (χ1n) is 9.67. The van der Waals surface area contributed by atoms with E-state index in [1.54, 1.807) is 24.3 Å². The average molecular weight is 387 g/mol. The van der Waals surface area contributed by atoms with Crippen LogP contribution in [-0.2, 0) is 16.1 Å². The zero-order valence-electron chi connectivity index (χ0n) is 15.6. The van der Waals surface area contributed by atoms with Crippen molar-refractivity contribution in [2.24, 2.45) is 11.8 Å². The summed E-state index contributed by atoms with van der Waals surface area (Å²) >= 11 is 0. The Kier molecular flexibility index (Phi) is 6.28. The number of carbonyl (C=O) groups is 2. The minimum atomic E-state index is -0.735.